The van der Waals surface area contributed by atoms with Gasteiger partial charge >= 0.3 is 0 Å². The van der Waals surface area contributed by atoms with E-state index < -0.39 is 0 Å². The summed E-state index contributed by atoms with van der Waals surface area (Å²) in [5.41, 5.74) is 0. The molecule has 1 saturated carbocycles. The highest BCUT2D eigenvalue weighted by molar-refractivity contribution is 7.99. The van der Waals surface area contributed by atoms with Gasteiger partial charge in [0, 0.05) is 24.1 Å². The van der Waals surface area contributed by atoms with E-state index in [1.54, 1.807) is 0 Å². The monoisotopic (exact) mass is 244 g/mol. The van der Waals surface area contributed by atoms with Gasteiger partial charge in [-0.25, -0.2) is 0 Å². The van der Waals surface area contributed by atoms with Crippen LogP contribution in [0, 0.1) is 5.92 Å². The van der Waals surface area contributed by atoms with Gasteiger partial charge in [-0.05, 0) is 39.4 Å². The molecule has 1 N–H and O–H groups in total. The molecule has 0 bridgehead atoms. The third-order valence-corrected chi connectivity index (χ3v) is 4.48. The molecule has 0 aliphatic heterocycles. The van der Waals surface area contributed by atoms with E-state index >= 15 is 0 Å². The van der Waals surface area contributed by atoms with Crippen LogP contribution in [0.5, 0.6) is 0 Å². The number of thioether (sulfide) groups is 1. The minimum absolute atomic E-state index is 0.764. The van der Waals surface area contributed by atoms with E-state index in [4.69, 9.17) is 0 Å². The Morgan fingerprint density at radius 3 is 2.56 bits per heavy atom. The first-order chi connectivity index (χ1) is 7.74. The Balaban J connectivity index is 2.17. The van der Waals surface area contributed by atoms with Crippen LogP contribution in [0.25, 0.3) is 0 Å². The highest BCUT2D eigenvalue weighted by Crippen LogP contribution is 2.29. The quantitative estimate of drug-likeness (QED) is 0.660. The maximum absolute atomic E-state index is 3.68. The third-order valence-electron chi connectivity index (χ3n) is 3.42. The average Bonchev–Trinajstić information content (AvgIpc) is 2.75. The smallest absolute Gasteiger partial charge is 0.0186 e. The molecule has 0 aromatic heterocycles. The van der Waals surface area contributed by atoms with Crippen molar-refractivity contribution in [2.45, 2.75) is 38.6 Å². The molecule has 0 heterocycles. The van der Waals surface area contributed by atoms with E-state index in [0.29, 0.717) is 0 Å². The summed E-state index contributed by atoms with van der Waals surface area (Å²) in [4.78, 5) is 2.27. The molecule has 0 amide bonds. The van der Waals surface area contributed by atoms with E-state index in [9.17, 15) is 0 Å². The Bertz CT molecular complexity index is 167. The van der Waals surface area contributed by atoms with Crippen LogP contribution >= 0.6 is 11.8 Å². The summed E-state index contributed by atoms with van der Waals surface area (Å²) in [6, 6.07) is 0.764. The maximum Gasteiger partial charge on any atom is 0.0186 e. The number of nitrogens with zero attached hydrogens (tertiary/aromatic N) is 1. The Morgan fingerprint density at radius 2 is 2.00 bits per heavy atom. The van der Waals surface area contributed by atoms with Crippen molar-refractivity contribution < 1.29 is 0 Å². The molecule has 1 rings (SSSR count). The predicted molar refractivity (Wildman–Crippen MR) is 75.3 cm³/mol. The molecule has 3 heteroatoms. The van der Waals surface area contributed by atoms with Crippen LogP contribution in [0.3, 0.4) is 0 Å². The molecule has 96 valence electrons. The normalized spacial score (nSPS) is 19.5. The van der Waals surface area contributed by atoms with E-state index in [0.717, 1.165) is 18.5 Å². The van der Waals surface area contributed by atoms with Gasteiger partial charge in [-0.15, -0.1) is 0 Å². The fourth-order valence-electron chi connectivity index (χ4n) is 2.44. The molecule has 0 saturated heterocycles. The van der Waals surface area contributed by atoms with Gasteiger partial charge in [-0.2, -0.15) is 11.8 Å². The number of rotatable bonds is 8. The van der Waals surface area contributed by atoms with Crippen LogP contribution in [0.4, 0.5) is 0 Å². The van der Waals surface area contributed by atoms with Gasteiger partial charge in [-0.1, -0.05) is 19.8 Å². The summed E-state index contributed by atoms with van der Waals surface area (Å²) in [6.45, 7) is 4.55. The molecule has 16 heavy (non-hydrogen) atoms. The molecule has 0 radical (unpaired) electrons. The third kappa shape index (κ3) is 5.55. The fourth-order valence-corrected chi connectivity index (χ4v) is 3.75. The van der Waals surface area contributed by atoms with Gasteiger partial charge in [0.15, 0.2) is 0 Å². The Hall–Kier alpha value is 0.270. The summed E-state index contributed by atoms with van der Waals surface area (Å²) < 4.78 is 0. The van der Waals surface area contributed by atoms with E-state index in [2.05, 4.69) is 43.0 Å². The van der Waals surface area contributed by atoms with Gasteiger partial charge in [0.05, 0.1) is 0 Å². The Kier molecular flexibility index (Phi) is 7.50. The second-order valence-corrected chi connectivity index (χ2v) is 6.24. The SMILES string of the molecule is CCNC(CSCCN(C)C)C1CCCC1. The van der Waals surface area contributed by atoms with Crippen molar-refractivity contribution in [3.05, 3.63) is 0 Å². The number of hydrogen-bond donors (Lipinski definition) is 1. The lowest BCUT2D eigenvalue weighted by Gasteiger charge is -2.24. The lowest BCUT2D eigenvalue weighted by Crippen LogP contribution is -2.37. The van der Waals surface area contributed by atoms with Crippen molar-refractivity contribution in [2.75, 3.05) is 38.7 Å². The maximum atomic E-state index is 3.68. The minimum atomic E-state index is 0.764. The molecule has 0 aromatic carbocycles. The molecular formula is C13H28N2S. The zero-order valence-electron chi connectivity index (χ0n) is 11.2. The summed E-state index contributed by atoms with van der Waals surface area (Å²) in [6.07, 6.45) is 5.81. The van der Waals surface area contributed by atoms with Crippen molar-refractivity contribution in [3.63, 3.8) is 0 Å². The molecule has 1 aliphatic carbocycles. The van der Waals surface area contributed by atoms with Crippen molar-refractivity contribution in [2.24, 2.45) is 5.92 Å². The predicted octanol–water partition coefficient (Wildman–Crippen LogP) is 2.45. The Labute approximate surface area is 106 Å². The first kappa shape index (κ1) is 14.3. The average molecular weight is 244 g/mol. The van der Waals surface area contributed by atoms with Crippen LogP contribution in [-0.4, -0.2) is 49.6 Å². The van der Waals surface area contributed by atoms with Crippen LogP contribution in [0.1, 0.15) is 32.6 Å². The molecule has 0 aromatic rings. The van der Waals surface area contributed by atoms with Gasteiger partial charge in [0.1, 0.15) is 0 Å². The molecule has 1 atom stereocenters. The molecule has 0 spiro atoms. The van der Waals surface area contributed by atoms with Crippen molar-refractivity contribution in [1.82, 2.24) is 10.2 Å². The second-order valence-electron chi connectivity index (χ2n) is 5.09. The highest BCUT2D eigenvalue weighted by atomic mass is 32.2. The van der Waals surface area contributed by atoms with Crippen LogP contribution in [0.2, 0.25) is 0 Å². The van der Waals surface area contributed by atoms with Gasteiger partial charge < -0.3 is 10.2 Å². The lowest BCUT2D eigenvalue weighted by atomic mass is 10.00. The molecule has 1 unspecified atom stereocenters. The van der Waals surface area contributed by atoms with E-state index in [1.165, 1.54) is 43.7 Å². The topological polar surface area (TPSA) is 15.3 Å². The summed E-state index contributed by atoms with van der Waals surface area (Å²) in [5, 5.41) is 3.68. The molecule has 1 aliphatic rings. The van der Waals surface area contributed by atoms with Gasteiger partial charge in [-0.3, -0.25) is 0 Å². The van der Waals surface area contributed by atoms with Crippen molar-refractivity contribution >= 4 is 11.8 Å². The summed E-state index contributed by atoms with van der Waals surface area (Å²) in [5.74, 6) is 3.51. The first-order valence-corrected chi connectivity index (χ1v) is 7.85. The fraction of sp³-hybridized carbons (Fsp3) is 1.00. The summed E-state index contributed by atoms with van der Waals surface area (Å²) in [7, 11) is 4.30. The van der Waals surface area contributed by atoms with Crippen LogP contribution in [0.15, 0.2) is 0 Å². The van der Waals surface area contributed by atoms with Crippen LogP contribution < -0.4 is 5.32 Å². The van der Waals surface area contributed by atoms with Crippen LogP contribution in [-0.2, 0) is 0 Å². The first-order valence-electron chi connectivity index (χ1n) is 6.70. The number of nitrogens with one attached hydrogen (secondary N) is 1. The molecule has 2 nitrogen and oxygen atoms in total. The zero-order chi connectivity index (χ0) is 11.8. The second kappa shape index (κ2) is 8.37. The summed E-state index contributed by atoms with van der Waals surface area (Å²) >= 11 is 2.11. The largest absolute Gasteiger partial charge is 0.313 e. The molecule has 1 fully saturated rings. The van der Waals surface area contributed by atoms with Gasteiger partial charge in [0.2, 0.25) is 0 Å². The molecular weight excluding hydrogens is 216 g/mol. The minimum Gasteiger partial charge on any atom is -0.313 e. The van der Waals surface area contributed by atoms with Gasteiger partial charge in [0.25, 0.3) is 0 Å². The standard InChI is InChI=1S/C13H28N2S/c1-4-14-13(12-7-5-6-8-12)11-16-10-9-15(2)3/h12-14H,4-11H2,1-3H3. The highest BCUT2D eigenvalue weighted by Gasteiger charge is 2.23. The Morgan fingerprint density at radius 1 is 1.31 bits per heavy atom. The van der Waals surface area contributed by atoms with Crippen molar-refractivity contribution in [3.8, 4) is 0 Å². The van der Waals surface area contributed by atoms with Crippen molar-refractivity contribution in [1.29, 1.82) is 0 Å². The lowest BCUT2D eigenvalue weighted by molar-refractivity contribution is 0.394. The number of hydrogen-bond acceptors (Lipinski definition) is 3. The van der Waals surface area contributed by atoms with E-state index in [1.807, 2.05) is 0 Å². The zero-order valence-corrected chi connectivity index (χ0v) is 12.0. The van der Waals surface area contributed by atoms with E-state index in [-0.39, 0.29) is 0 Å².